The molecule has 1 amide bonds. The molecule has 1 rings (SSSR count). The van der Waals surface area contributed by atoms with Gasteiger partial charge in [-0.25, -0.2) is 0 Å². The maximum Gasteiger partial charge on any atom is 0.387 e. The zero-order valence-electron chi connectivity index (χ0n) is 10.4. The lowest BCUT2D eigenvalue weighted by Gasteiger charge is -2.12. The highest BCUT2D eigenvalue weighted by Gasteiger charge is 2.18. The lowest BCUT2D eigenvalue weighted by Crippen LogP contribution is -2.31. The number of alkyl halides is 2. The van der Waals surface area contributed by atoms with E-state index in [1.165, 1.54) is 19.1 Å². The number of nitrogens with one attached hydrogen (secondary N) is 1. The second kappa shape index (κ2) is 7.04. The first-order valence-corrected chi connectivity index (χ1v) is 5.94. The van der Waals surface area contributed by atoms with Gasteiger partial charge in [0.2, 0.25) is 0 Å². The average Bonchev–Trinajstić information content (AvgIpc) is 2.36. The SMILES string of the molecule is CC(CNC(=O)c1cc(Cl)ccc1OC(F)F)C(=O)O. The lowest BCUT2D eigenvalue weighted by atomic mass is 10.1. The van der Waals surface area contributed by atoms with Gasteiger partial charge in [-0.05, 0) is 18.2 Å². The van der Waals surface area contributed by atoms with Gasteiger partial charge in [0, 0.05) is 11.6 Å². The number of amides is 1. The summed E-state index contributed by atoms with van der Waals surface area (Å²) in [5.74, 6) is -2.96. The van der Waals surface area contributed by atoms with Gasteiger partial charge in [0.15, 0.2) is 0 Å². The molecule has 2 N–H and O–H groups in total. The minimum Gasteiger partial charge on any atom is -0.481 e. The molecular formula is C12H12ClF2NO4. The maximum atomic E-state index is 12.2. The van der Waals surface area contributed by atoms with Gasteiger partial charge in [-0.2, -0.15) is 8.78 Å². The van der Waals surface area contributed by atoms with Gasteiger partial charge in [-0.15, -0.1) is 0 Å². The second-order valence-electron chi connectivity index (χ2n) is 3.97. The van der Waals surface area contributed by atoms with E-state index in [1.807, 2.05) is 0 Å². The van der Waals surface area contributed by atoms with Crippen LogP contribution < -0.4 is 10.1 Å². The molecule has 0 saturated carbocycles. The summed E-state index contributed by atoms with van der Waals surface area (Å²) in [5.41, 5.74) is -0.185. The number of hydrogen-bond donors (Lipinski definition) is 2. The Bertz CT molecular complexity index is 510. The molecular weight excluding hydrogens is 296 g/mol. The third kappa shape index (κ3) is 4.65. The summed E-state index contributed by atoms with van der Waals surface area (Å²) < 4.78 is 28.6. The normalized spacial score (nSPS) is 12.1. The molecule has 0 saturated heterocycles. The van der Waals surface area contributed by atoms with E-state index in [9.17, 15) is 18.4 Å². The van der Waals surface area contributed by atoms with Gasteiger partial charge in [0.05, 0.1) is 11.5 Å². The molecule has 0 spiro atoms. The van der Waals surface area contributed by atoms with Crippen molar-refractivity contribution in [3.05, 3.63) is 28.8 Å². The van der Waals surface area contributed by atoms with Crippen LogP contribution in [0.3, 0.4) is 0 Å². The fourth-order valence-electron chi connectivity index (χ4n) is 1.31. The number of halogens is 3. The van der Waals surface area contributed by atoms with Crippen LogP contribution in [0.5, 0.6) is 5.75 Å². The molecule has 8 heteroatoms. The highest BCUT2D eigenvalue weighted by Crippen LogP contribution is 2.24. The number of ether oxygens (including phenoxy) is 1. The van der Waals surface area contributed by atoms with Crippen LogP contribution in [0.4, 0.5) is 8.78 Å². The van der Waals surface area contributed by atoms with Gasteiger partial charge < -0.3 is 15.2 Å². The summed E-state index contributed by atoms with van der Waals surface area (Å²) in [6.45, 7) is -1.83. The summed E-state index contributed by atoms with van der Waals surface area (Å²) in [4.78, 5) is 22.5. The minimum atomic E-state index is -3.08. The average molecular weight is 308 g/mol. The zero-order valence-corrected chi connectivity index (χ0v) is 11.2. The number of carbonyl (C=O) groups excluding carboxylic acids is 1. The van der Waals surface area contributed by atoms with Crippen LogP contribution in [0, 0.1) is 5.92 Å². The zero-order chi connectivity index (χ0) is 15.3. The van der Waals surface area contributed by atoms with Crippen molar-refractivity contribution in [1.29, 1.82) is 0 Å². The number of rotatable bonds is 6. The molecule has 0 aliphatic carbocycles. The van der Waals surface area contributed by atoms with Gasteiger partial charge in [0.25, 0.3) is 5.91 Å². The van der Waals surface area contributed by atoms with Crippen LogP contribution in [-0.2, 0) is 4.79 Å². The van der Waals surface area contributed by atoms with Crippen LogP contribution >= 0.6 is 11.6 Å². The molecule has 1 atom stereocenters. The highest BCUT2D eigenvalue weighted by atomic mass is 35.5. The van der Waals surface area contributed by atoms with Crippen molar-refractivity contribution in [3.8, 4) is 5.75 Å². The van der Waals surface area contributed by atoms with Crippen LogP contribution in [0.25, 0.3) is 0 Å². The first-order chi connectivity index (χ1) is 9.31. The van der Waals surface area contributed by atoms with Crippen molar-refractivity contribution in [2.24, 2.45) is 5.92 Å². The Balaban J connectivity index is 2.85. The predicted molar refractivity (Wildman–Crippen MR) is 67.2 cm³/mol. The van der Waals surface area contributed by atoms with Gasteiger partial charge in [-0.3, -0.25) is 9.59 Å². The Morgan fingerprint density at radius 3 is 2.65 bits per heavy atom. The van der Waals surface area contributed by atoms with E-state index in [0.717, 1.165) is 6.07 Å². The van der Waals surface area contributed by atoms with E-state index in [-0.39, 0.29) is 22.9 Å². The van der Waals surface area contributed by atoms with Crippen molar-refractivity contribution >= 4 is 23.5 Å². The Kier molecular flexibility index (Phi) is 5.69. The number of hydrogen-bond acceptors (Lipinski definition) is 3. The number of benzene rings is 1. The Labute approximate surface area is 118 Å². The summed E-state index contributed by atoms with van der Waals surface area (Å²) in [6, 6.07) is 3.61. The Hall–Kier alpha value is -1.89. The first kappa shape index (κ1) is 16.2. The van der Waals surface area contributed by atoms with Gasteiger partial charge in [-0.1, -0.05) is 18.5 Å². The van der Waals surface area contributed by atoms with Crippen LogP contribution in [0.2, 0.25) is 5.02 Å². The first-order valence-electron chi connectivity index (χ1n) is 5.56. The van der Waals surface area contributed by atoms with E-state index in [0.29, 0.717) is 0 Å². The van der Waals surface area contributed by atoms with Crippen molar-refractivity contribution < 1.29 is 28.2 Å². The van der Waals surface area contributed by atoms with Gasteiger partial charge in [0.1, 0.15) is 5.75 Å². The number of carboxylic acids is 1. The van der Waals surface area contributed by atoms with E-state index in [4.69, 9.17) is 16.7 Å². The monoisotopic (exact) mass is 307 g/mol. The summed E-state index contributed by atoms with van der Waals surface area (Å²) in [6.07, 6.45) is 0. The summed E-state index contributed by atoms with van der Waals surface area (Å²) >= 11 is 5.69. The standard InChI is InChI=1S/C12H12ClF2NO4/c1-6(11(18)19)5-16-10(17)8-4-7(13)2-3-9(8)20-12(14)15/h2-4,6,12H,5H2,1H3,(H,16,17)(H,18,19). The molecule has 0 bridgehead atoms. The molecule has 1 aromatic rings. The molecule has 0 aliphatic rings. The lowest BCUT2D eigenvalue weighted by molar-refractivity contribution is -0.140. The number of carboxylic acid groups (broad SMARTS) is 1. The van der Waals surface area contributed by atoms with E-state index in [1.54, 1.807) is 0 Å². The van der Waals surface area contributed by atoms with Gasteiger partial charge >= 0.3 is 12.6 Å². The summed E-state index contributed by atoms with van der Waals surface area (Å²) in [5, 5.41) is 11.2. The summed E-state index contributed by atoms with van der Waals surface area (Å²) in [7, 11) is 0. The second-order valence-corrected chi connectivity index (χ2v) is 4.40. The topological polar surface area (TPSA) is 75.6 Å². The van der Waals surface area contributed by atoms with Crippen molar-refractivity contribution in [3.63, 3.8) is 0 Å². The smallest absolute Gasteiger partial charge is 0.387 e. The predicted octanol–water partition coefficient (Wildman–Crippen LogP) is 2.39. The molecule has 1 unspecified atom stereocenters. The minimum absolute atomic E-state index is 0.144. The fourth-order valence-corrected chi connectivity index (χ4v) is 1.48. The molecule has 0 fully saturated rings. The van der Waals surface area contributed by atoms with E-state index in [2.05, 4.69) is 10.1 Å². The van der Waals surface area contributed by atoms with Crippen LogP contribution in [0.15, 0.2) is 18.2 Å². The van der Waals surface area contributed by atoms with Crippen molar-refractivity contribution in [1.82, 2.24) is 5.32 Å². The van der Waals surface area contributed by atoms with Crippen molar-refractivity contribution in [2.45, 2.75) is 13.5 Å². The molecule has 20 heavy (non-hydrogen) atoms. The van der Waals surface area contributed by atoms with E-state index < -0.39 is 24.4 Å². The molecule has 5 nitrogen and oxygen atoms in total. The highest BCUT2D eigenvalue weighted by molar-refractivity contribution is 6.31. The van der Waals surface area contributed by atoms with Crippen LogP contribution in [-0.4, -0.2) is 30.1 Å². The van der Waals surface area contributed by atoms with E-state index >= 15 is 0 Å². The third-order valence-electron chi connectivity index (χ3n) is 2.39. The van der Waals surface area contributed by atoms with Crippen LogP contribution in [0.1, 0.15) is 17.3 Å². The third-order valence-corrected chi connectivity index (χ3v) is 2.63. The Morgan fingerprint density at radius 2 is 2.10 bits per heavy atom. The number of aliphatic carboxylic acids is 1. The molecule has 0 aliphatic heterocycles. The molecule has 0 radical (unpaired) electrons. The molecule has 0 aromatic heterocycles. The largest absolute Gasteiger partial charge is 0.481 e. The quantitative estimate of drug-likeness (QED) is 0.846. The van der Waals surface area contributed by atoms with Crippen molar-refractivity contribution in [2.75, 3.05) is 6.54 Å². The molecule has 0 heterocycles. The fraction of sp³-hybridized carbons (Fsp3) is 0.333. The number of carbonyl (C=O) groups is 2. The Morgan fingerprint density at radius 1 is 1.45 bits per heavy atom. The molecule has 110 valence electrons. The maximum absolute atomic E-state index is 12.2. The molecule has 1 aromatic carbocycles.